The Morgan fingerprint density at radius 1 is 0.821 bits per heavy atom. The van der Waals surface area contributed by atoms with Gasteiger partial charge in [-0.1, -0.05) is 36.4 Å². The average Bonchev–Trinajstić information content (AvgIpc) is 2.96. The number of para-hydroxylation sites is 1. The zero-order valence-corrected chi connectivity index (χ0v) is 22.5. The fraction of sp³-hybridized carbons (Fsp3) is 0.281. The first-order chi connectivity index (χ1) is 18.9. The van der Waals surface area contributed by atoms with E-state index in [-0.39, 0.29) is 11.7 Å². The van der Waals surface area contributed by atoms with Crippen LogP contribution < -0.4 is 14.2 Å². The van der Waals surface area contributed by atoms with Crippen molar-refractivity contribution >= 4 is 17.5 Å². The molecule has 1 aliphatic heterocycles. The number of methoxy groups -OCH3 is 3. The molecular formula is C32H31NO6. The van der Waals surface area contributed by atoms with Crippen LogP contribution in [0.25, 0.3) is 0 Å². The van der Waals surface area contributed by atoms with Gasteiger partial charge in [0.2, 0.25) is 0 Å². The summed E-state index contributed by atoms with van der Waals surface area (Å²) in [5.41, 5.74) is 3.69. The van der Waals surface area contributed by atoms with E-state index in [0.29, 0.717) is 52.8 Å². The molecule has 0 radical (unpaired) electrons. The third kappa shape index (κ3) is 5.17. The predicted octanol–water partition coefficient (Wildman–Crippen LogP) is 6.24. The van der Waals surface area contributed by atoms with Crippen molar-refractivity contribution in [2.24, 2.45) is 10.9 Å². The molecule has 39 heavy (non-hydrogen) atoms. The number of carbonyl (C=O) groups excluding carboxylic acids is 2. The van der Waals surface area contributed by atoms with Gasteiger partial charge in [-0.2, -0.15) is 0 Å². The van der Waals surface area contributed by atoms with E-state index < -0.39 is 17.8 Å². The van der Waals surface area contributed by atoms with Gasteiger partial charge in [-0.25, -0.2) is 0 Å². The lowest BCUT2D eigenvalue weighted by Gasteiger charge is -2.36. The number of esters is 1. The van der Waals surface area contributed by atoms with E-state index in [1.807, 2.05) is 79.7 Å². The summed E-state index contributed by atoms with van der Waals surface area (Å²) >= 11 is 0. The first kappa shape index (κ1) is 26.2. The molecule has 200 valence electrons. The molecule has 0 amide bonds. The molecule has 1 unspecified atom stereocenters. The summed E-state index contributed by atoms with van der Waals surface area (Å²) in [4.78, 5) is 31.7. The fourth-order valence-corrected chi connectivity index (χ4v) is 5.59. The Bertz CT molecular complexity index is 1460. The van der Waals surface area contributed by atoms with Crippen LogP contribution in [0.4, 0.5) is 0 Å². The van der Waals surface area contributed by atoms with Gasteiger partial charge in [0.1, 0.15) is 17.4 Å². The van der Waals surface area contributed by atoms with E-state index in [4.69, 9.17) is 23.9 Å². The molecule has 1 aliphatic carbocycles. The molecule has 0 aromatic heterocycles. The first-order valence-corrected chi connectivity index (χ1v) is 12.9. The third-order valence-corrected chi connectivity index (χ3v) is 7.42. The van der Waals surface area contributed by atoms with E-state index in [2.05, 4.69) is 0 Å². The van der Waals surface area contributed by atoms with Crippen molar-refractivity contribution in [1.29, 1.82) is 0 Å². The van der Waals surface area contributed by atoms with Crippen molar-refractivity contribution in [3.05, 3.63) is 95.2 Å². The molecule has 0 bridgehead atoms. The van der Waals surface area contributed by atoms with E-state index in [1.54, 1.807) is 14.2 Å². The zero-order chi connectivity index (χ0) is 27.5. The molecule has 0 N–H and O–H groups in total. The highest BCUT2D eigenvalue weighted by Crippen LogP contribution is 2.48. The van der Waals surface area contributed by atoms with E-state index in [9.17, 15) is 9.59 Å². The Morgan fingerprint density at radius 3 is 2.28 bits per heavy atom. The smallest absolute Gasteiger partial charge is 0.315 e. The van der Waals surface area contributed by atoms with Gasteiger partial charge in [0, 0.05) is 29.3 Å². The summed E-state index contributed by atoms with van der Waals surface area (Å²) < 4.78 is 22.1. The Balaban J connectivity index is 1.55. The fourth-order valence-electron chi connectivity index (χ4n) is 5.59. The van der Waals surface area contributed by atoms with Crippen molar-refractivity contribution in [2.75, 3.05) is 21.3 Å². The van der Waals surface area contributed by atoms with Crippen LogP contribution in [-0.2, 0) is 14.3 Å². The molecule has 3 aromatic rings. The number of ketones is 1. The highest BCUT2D eigenvalue weighted by atomic mass is 16.5. The second-order valence-electron chi connectivity index (χ2n) is 9.72. The molecule has 0 saturated carbocycles. The largest absolute Gasteiger partial charge is 0.493 e. The number of ether oxygens (including phenoxy) is 4. The summed E-state index contributed by atoms with van der Waals surface area (Å²) in [6.07, 6.45) is 0.867. The summed E-state index contributed by atoms with van der Waals surface area (Å²) in [7, 11) is 4.55. The number of Topliss-reactive ketones (excluding diaryl/α,β-unsaturated/α-hetero) is 1. The van der Waals surface area contributed by atoms with Gasteiger partial charge < -0.3 is 18.9 Å². The Morgan fingerprint density at radius 2 is 1.56 bits per heavy atom. The number of hydrogen-bond acceptors (Lipinski definition) is 7. The molecule has 0 spiro atoms. The van der Waals surface area contributed by atoms with E-state index >= 15 is 0 Å². The van der Waals surface area contributed by atoms with Crippen LogP contribution in [0.15, 0.2) is 89.1 Å². The van der Waals surface area contributed by atoms with Crippen molar-refractivity contribution < 1.29 is 28.5 Å². The lowest BCUT2D eigenvalue weighted by Crippen LogP contribution is -2.37. The molecule has 2 aliphatic rings. The van der Waals surface area contributed by atoms with Gasteiger partial charge >= 0.3 is 5.97 Å². The third-order valence-electron chi connectivity index (χ3n) is 7.42. The van der Waals surface area contributed by atoms with Crippen LogP contribution >= 0.6 is 0 Å². The van der Waals surface area contributed by atoms with Crippen LogP contribution in [0.5, 0.6) is 23.0 Å². The van der Waals surface area contributed by atoms with Gasteiger partial charge in [0.05, 0.1) is 21.3 Å². The molecule has 3 atom stereocenters. The number of nitrogens with zero attached hydrogens (tertiary/aromatic N) is 1. The topological polar surface area (TPSA) is 83.4 Å². The number of aliphatic imine (C=N–C) groups is 1. The second-order valence-corrected chi connectivity index (χ2v) is 9.72. The van der Waals surface area contributed by atoms with Crippen LogP contribution in [-0.4, -0.2) is 38.8 Å². The molecule has 0 saturated heterocycles. The summed E-state index contributed by atoms with van der Waals surface area (Å²) in [5, 5.41) is 0. The molecule has 5 rings (SSSR count). The summed E-state index contributed by atoms with van der Waals surface area (Å²) in [5.74, 6) is 0.819. The molecule has 3 aromatic carbocycles. The van der Waals surface area contributed by atoms with Crippen LogP contribution in [0.2, 0.25) is 0 Å². The van der Waals surface area contributed by atoms with Crippen molar-refractivity contribution in [1.82, 2.24) is 0 Å². The zero-order valence-electron chi connectivity index (χ0n) is 22.5. The van der Waals surface area contributed by atoms with Gasteiger partial charge in [-0.3, -0.25) is 14.6 Å². The van der Waals surface area contributed by atoms with Gasteiger partial charge in [-0.15, -0.1) is 0 Å². The second kappa shape index (κ2) is 11.2. The maximum atomic E-state index is 13.8. The number of rotatable bonds is 7. The molecule has 7 heteroatoms. The Kier molecular flexibility index (Phi) is 7.50. The molecule has 7 nitrogen and oxygen atoms in total. The van der Waals surface area contributed by atoms with Crippen LogP contribution in [0, 0.1) is 5.92 Å². The highest BCUT2D eigenvalue weighted by Gasteiger charge is 2.44. The van der Waals surface area contributed by atoms with Crippen molar-refractivity contribution in [3.63, 3.8) is 0 Å². The minimum atomic E-state index is -0.706. The van der Waals surface area contributed by atoms with Crippen molar-refractivity contribution in [2.45, 2.75) is 31.6 Å². The number of hydrogen-bond donors (Lipinski definition) is 0. The summed E-state index contributed by atoms with van der Waals surface area (Å²) in [6.45, 7) is 1.83. The van der Waals surface area contributed by atoms with Crippen LogP contribution in [0.1, 0.15) is 42.7 Å². The molecule has 0 fully saturated rings. The van der Waals surface area contributed by atoms with Crippen molar-refractivity contribution in [3.8, 4) is 23.0 Å². The van der Waals surface area contributed by atoms with Crippen LogP contribution in [0.3, 0.4) is 0 Å². The maximum Gasteiger partial charge on any atom is 0.315 e. The summed E-state index contributed by atoms with van der Waals surface area (Å²) in [6, 6.07) is 22.8. The van der Waals surface area contributed by atoms with E-state index in [1.165, 1.54) is 7.11 Å². The van der Waals surface area contributed by atoms with E-state index in [0.717, 1.165) is 11.1 Å². The average molecular weight is 526 g/mol. The SMILES string of the molecule is COC(=O)C1C(C)=NC2=C(C(=O)C[C@@H](c3ccc(OC)c(OC)c3)C2)[C@@H]1c1cccc(Oc2ccccc2)c1. The Labute approximate surface area is 228 Å². The Hall–Kier alpha value is -4.39. The number of carbonyl (C=O) groups is 2. The lowest BCUT2D eigenvalue weighted by molar-refractivity contribution is -0.143. The van der Waals surface area contributed by atoms with Gasteiger partial charge in [0.25, 0.3) is 0 Å². The quantitative estimate of drug-likeness (QED) is 0.340. The normalized spacial score (nSPS) is 20.6. The number of allylic oxidation sites excluding steroid dienone is 2. The minimum Gasteiger partial charge on any atom is -0.493 e. The number of benzene rings is 3. The maximum absolute atomic E-state index is 13.8. The molecule has 1 heterocycles. The van der Waals surface area contributed by atoms with Gasteiger partial charge in [-0.05, 0) is 66.8 Å². The minimum absolute atomic E-state index is 0.0273. The van der Waals surface area contributed by atoms with Gasteiger partial charge in [0.15, 0.2) is 17.3 Å². The highest BCUT2D eigenvalue weighted by molar-refractivity contribution is 6.09. The lowest BCUT2D eigenvalue weighted by atomic mass is 9.69. The standard InChI is InChI=1S/C32H31NO6/c1-19-29(32(35)38-4)30(21-9-8-12-24(15-21)39-23-10-6-5-7-11-23)31-25(33-19)16-22(17-26(31)34)20-13-14-27(36-2)28(18-20)37-3/h5-15,18,22,29-30H,16-17H2,1-4H3/t22-,29?,30+/m0/s1. The monoisotopic (exact) mass is 525 g/mol. The predicted molar refractivity (Wildman–Crippen MR) is 148 cm³/mol. The first-order valence-electron chi connectivity index (χ1n) is 12.9. The molecular weight excluding hydrogens is 494 g/mol.